The minimum absolute atomic E-state index is 0.0126. The van der Waals surface area contributed by atoms with Crippen LogP contribution < -0.4 is 29.4 Å². The van der Waals surface area contributed by atoms with Crippen LogP contribution in [0.2, 0.25) is 0 Å². The monoisotopic (exact) mass is 514 g/mol. The summed E-state index contributed by atoms with van der Waals surface area (Å²) in [5.41, 5.74) is 8.30. The van der Waals surface area contributed by atoms with Gasteiger partial charge in [0.2, 0.25) is 5.88 Å². The lowest BCUT2D eigenvalue weighted by molar-refractivity contribution is 0.0734. The Bertz CT molecular complexity index is 1370. The van der Waals surface area contributed by atoms with E-state index < -0.39 is 11.9 Å². The molecule has 1 aliphatic rings. The number of hydrogen-bond donors (Lipinski definition) is 1. The Labute approximate surface area is 222 Å². The van der Waals surface area contributed by atoms with Crippen molar-refractivity contribution < 1.29 is 28.5 Å². The Morgan fingerprint density at radius 1 is 0.947 bits per heavy atom. The van der Waals surface area contributed by atoms with E-state index in [4.69, 9.17) is 29.4 Å². The molecule has 0 amide bonds. The van der Waals surface area contributed by atoms with E-state index in [0.29, 0.717) is 47.3 Å². The van der Waals surface area contributed by atoms with Crippen molar-refractivity contribution in [2.24, 2.45) is 5.73 Å². The summed E-state index contributed by atoms with van der Waals surface area (Å²) in [6, 6.07) is 19.5. The van der Waals surface area contributed by atoms with Crippen LogP contribution in [-0.4, -0.2) is 26.3 Å². The van der Waals surface area contributed by atoms with E-state index in [1.54, 1.807) is 49.6 Å². The van der Waals surface area contributed by atoms with Gasteiger partial charge in [-0.05, 0) is 60.9 Å². The lowest BCUT2D eigenvalue weighted by Crippen LogP contribution is -2.21. The van der Waals surface area contributed by atoms with Crippen LogP contribution in [0.1, 0.15) is 54.1 Å². The van der Waals surface area contributed by atoms with Crippen LogP contribution in [0.3, 0.4) is 0 Å². The zero-order chi connectivity index (χ0) is 27.1. The summed E-state index contributed by atoms with van der Waals surface area (Å²) in [5, 5.41) is 9.88. The summed E-state index contributed by atoms with van der Waals surface area (Å²) < 4.78 is 28.2. The highest BCUT2D eigenvalue weighted by molar-refractivity contribution is 5.91. The number of nitrogens with two attached hydrogens (primary N) is 1. The van der Waals surface area contributed by atoms with Crippen molar-refractivity contribution in [3.8, 4) is 34.8 Å². The first-order valence-electron chi connectivity index (χ1n) is 12.5. The summed E-state index contributed by atoms with van der Waals surface area (Å²) in [7, 11) is 1.57. The fraction of sp³-hybridized carbons (Fsp3) is 0.267. The highest BCUT2D eigenvalue weighted by atomic mass is 16.5. The summed E-state index contributed by atoms with van der Waals surface area (Å²) in [5.74, 6) is 1.50. The van der Waals surface area contributed by atoms with Gasteiger partial charge in [0.25, 0.3) is 0 Å². The second kappa shape index (κ2) is 12.1. The van der Waals surface area contributed by atoms with E-state index in [9.17, 15) is 10.1 Å². The second-order valence-electron chi connectivity index (χ2n) is 8.65. The molecule has 3 aromatic rings. The number of methoxy groups -OCH3 is 1. The van der Waals surface area contributed by atoms with Gasteiger partial charge in [-0.15, -0.1) is 0 Å². The number of nitriles is 1. The Hall–Kier alpha value is -4.64. The van der Waals surface area contributed by atoms with Gasteiger partial charge in [0.1, 0.15) is 28.9 Å². The van der Waals surface area contributed by atoms with Gasteiger partial charge in [0, 0.05) is 11.6 Å². The van der Waals surface area contributed by atoms with E-state index in [-0.39, 0.29) is 17.2 Å². The third-order valence-electron chi connectivity index (χ3n) is 5.95. The molecule has 3 aromatic carbocycles. The van der Waals surface area contributed by atoms with E-state index in [1.165, 1.54) is 0 Å². The topological polar surface area (TPSA) is 113 Å². The number of benzene rings is 3. The highest BCUT2D eigenvalue weighted by Gasteiger charge is 2.32. The molecule has 0 spiro atoms. The van der Waals surface area contributed by atoms with Gasteiger partial charge in [-0.2, -0.15) is 5.26 Å². The predicted molar refractivity (Wildman–Crippen MR) is 142 cm³/mol. The van der Waals surface area contributed by atoms with Gasteiger partial charge < -0.3 is 29.4 Å². The number of carbonyl (C=O) groups is 1. The standard InChI is InChI=1S/C30H30N2O6/c1-4-14-35-21-9-6-19(7-10-21)30(33)37-22-11-12-23-26(17-22)38-29(32)24(18-31)28(23)20-8-13-25(36-15-5-2)27(16-20)34-3/h6-13,16-17,28H,4-5,14-15,32H2,1-3H3. The first-order valence-corrected chi connectivity index (χ1v) is 12.5. The summed E-state index contributed by atoms with van der Waals surface area (Å²) in [6.45, 7) is 5.22. The number of hydrogen-bond acceptors (Lipinski definition) is 8. The van der Waals surface area contributed by atoms with E-state index in [1.807, 2.05) is 32.0 Å². The van der Waals surface area contributed by atoms with Crippen molar-refractivity contribution in [3.63, 3.8) is 0 Å². The van der Waals surface area contributed by atoms with Crippen molar-refractivity contribution in [1.29, 1.82) is 5.26 Å². The molecule has 0 fully saturated rings. The Kier molecular flexibility index (Phi) is 8.39. The third kappa shape index (κ3) is 5.68. The maximum absolute atomic E-state index is 12.7. The number of carbonyl (C=O) groups excluding carboxylic acids is 1. The van der Waals surface area contributed by atoms with Crippen LogP contribution in [0.25, 0.3) is 0 Å². The summed E-state index contributed by atoms with van der Waals surface area (Å²) >= 11 is 0. The molecular weight excluding hydrogens is 484 g/mol. The lowest BCUT2D eigenvalue weighted by Gasteiger charge is -2.27. The van der Waals surface area contributed by atoms with Gasteiger partial charge in [-0.25, -0.2) is 4.79 Å². The number of nitrogens with zero attached hydrogens (tertiary/aromatic N) is 1. The van der Waals surface area contributed by atoms with Crippen LogP contribution in [0, 0.1) is 11.3 Å². The average molecular weight is 515 g/mol. The van der Waals surface area contributed by atoms with Crippen LogP contribution >= 0.6 is 0 Å². The number of fused-ring (bicyclic) bond motifs is 1. The molecule has 0 radical (unpaired) electrons. The quantitative estimate of drug-likeness (QED) is 0.270. The first-order chi connectivity index (χ1) is 18.5. The van der Waals surface area contributed by atoms with Gasteiger partial charge in [-0.1, -0.05) is 26.0 Å². The smallest absolute Gasteiger partial charge is 0.343 e. The van der Waals surface area contributed by atoms with Crippen molar-refractivity contribution in [2.75, 3.05) is 20.3 Å². The van der Waals surface area contributed by atoms with Crippen molar-refractivity contribution >= 4 is 5.97 Å². The molecule has 38 heavy (non-hydrogen) atoms. The van der Waals surface area contributed by atoms with Crippen LogP contribution in [-0.2, 0) is 0 Å². The maximum atomic E-state index is 12.7. The Morgan fingerprint density at radius 3 is 2.34 bits per heavy atom. The predicted octanol–water partition coefficient (Wildman–Crippen LogP) is 5.71. The van der Waals surface area contributed by atoms with Gasteiger partial charge in [-0.3, -0.25) is 0 Å². The highest BCUT2D eigenvalue weighted by Crippen LogP contribution is 2.45. The molecule has 196 valence electrons. The number of allylic oxidation sites excluding steroid dienone is 1. The summed E-state index contributed by atoms with van der Waals surface area (Å²) in [4.78, 5) is 12.7. The molecule has 8 heteroatoms. The SMILES string of the molecule is CCCOc1ccc(C(=O)Oc2ccc3c(c2)OC(N)=C(C#N)C3c2ccc(OCCC)c(OC)c2)cc1. The van der Waals surface area contributed by atoms with Crippen LogP contribution in [0.5, 0.6) is 28.7 Å². The molecule has 0 aromatic heterocycles. The molecule has 1 unspecified atom stereocenters. The van der Waals surface area contributed by atoms with Gasteiger partial charge >= 0.3 is 5.97 Å². The van der Waals surface area contributed by atoms with Crippen LogP contribution in [0.4, 0.5) is 0 Å². The maximum Gasteiger partial charge on any atom is 0.343 e. The molecule has 0 saturated carbocycles. The Balaban J connectivity index is 1.61. The number of rotatable bonds is 10. The number of esters is 1. The molecular formula is C30H30N2O6. The molecule has 0 aliphatic carbocycles. The minimum Gasteiger partial charge on any atom is -0.494 e. The number of ether oxygens (including phenoxy) is 5. The molecule has 8 nitrogen and oxygen atoms in total. The van der Waals surface area contributed by atoms with Crippen molar-refractivity contribution in [2.45, 2.75) is 32.6 Å². The molecule has 1 atom stereocenters. The lowest BCUT2D eigenvalue weighted by atomic mass is 9.83. The fourth-order valence-electron chi connectivity index (χ4n) is 4.11. The third-order valence-corrected chi connectivity index (χ3v) is 5.95. The first kappa shape index (κ1) is 26.4. The van der Waals surface area contributed by atoms with Crippen molar-refractivity contribution in [3.05, 3.63) is 88.8 Å². The largest absolute Gasteiger partial charge is 0.494 e. The molecule has 1 aliphatic heterocycles. The fourth-order valence-corrected chi connectivity index (χ4v) is 4.11. The van der Waals surface area contributed by atoms with E-state index in [2.05, 4.69) is 6.07 Å². The van der Waals surface area contributed by atoms with Crippen LogP contribution in [0.15, 0.2) is 72.1 Å². The van der Waals surface area contributed by atoms with Crippen molar-refractivity contribution in [1.82, 2.24) is 0 Å². The van der Waals surface area contributed by atoms with E-state index in [0.717, 1.165) is 18.4 Å². The minimum atomic E-state index is -0.520. The molecule has 4 rings (SSSR count). The molecule has 2 N–H and O–H groups in total. The zero-order valence-electron chi connectivity index (χ0n) is 21.7. The zero-order valence-corrected chi connectivity index (χ0v) is 21.7. The van der Waals surface area contributed by atoms with Gasteiger partial charge in [0.15, 0.2) is 11.5 Å². The molecule has 0 bridgehead atoms. The second-order valence-corrected chi connectivity index (χ2v) is 8.65. The summed E-state index contributed by atoms with van der Waals surface area (Å²) in [6.07, 6.45) is 1.76. The normalized spacial score (nSPS) is 14.1. The Morgan fingerprint density at radius 2 is 1.66 bits per heavy atom. The molecule has 0 saturated heterocycles. The average Bonchev–Trinajstić information content (AvgIpc) is 2.94. The molecule has 1 heterocycles. The van der Waals surface area contributed by atoms with Gasteiger partial charge in [0.05, 0.1) is 31.8 Å². The van der Waals surface area contributed by atoms with E-state index >= 15 is 0 Å².